The van der Waals surface area contributed by atoms with E-state index in [-0.39, 0.29) is 17.5 Å². The topological polar surface area (TPSA) is 72.7 Å². The molecule has 104 valence electrons. The zero-order valence-electron chi connectivity index (χ0n) is 11.0. The summed E-state index contributed by atoms with van der Waals surface area (Å²) >= 11 is 0. The number of aromatic hydroxyl groups is 2. The van der Waals surface area contributed by atoms with Crippen LogP contribution in [0.15, 0.2) is 12.1 Å². The quantitative estimate of drug-likeness (QED) is 0.658. The average Bonchev–Trinajstić information content (AvgIpc) is 2.86. The standard InChI is InChI=1S/C15H21NO3/c17-10-7-12-11(14(18)8-10)5-6-13(15(12)19)16-9-3-1-2-4-9/h7-9,13,15-19H,1-6H2/t13-,15-/m1/s1. The summed E-state index contributed by atoms with van der Waals surface area (Å²) in [6, 6.07) is 3.45. The van der Waals surface area contributed by atoms with Gasteiger partial charge in [0.2, 0.25) is 0 Å². The summed E-state index contributed by atoms with van der Waals surface area (Å²) in [4.78, 5) is 0. The number of hydrogen-bond donors (Lipinski definition) is 4. The smallest absolute Gasteiger partial charge is 0.122 e. The molecule has 1 aromatic rings. The van der Waals surface area contributed by atoms with Crippen molar-refractivity contribution in [3.8, 4) is 11.5 Å². The van der Waals surface area contributed by atoms with Crippen molar-refractivity contribution in [2.45, 2.75) is 56.7 Å². The van der Waals surface area contributed by atoms with E-state index < -0.39 is 6.10 Å². The van der Waals surface area contributed by atoms with Gasteiger partial charge in [0.05, 0.1) is 6.10 Å². The number of phenolic OH excluding ortho intramolecular Hbond substituents is 2. The van der Waals surface area contributed by atoms with Crippen molar-refractivity contribution in [1.82, 2.24) is 5.32 Å². The molecule has 0 aliphatic heterocycles. The zero-order chi connectivity index (χ0) is 13.4. The molecule has 0 aromatic heterocycles. The third-order valence-corrected chi connectivity index (χ3v) is 4.46. The van der Waals surface area contributed by atoms with Crippen LogP contribution in [0.25, 0.3) is 0 Å². The van der Waals surface area contributed by atoms with Crippen molar-refractivity contribution in [2.75, 3.05) is 0 Å². The Morgan fingerprint density at radius 3 is 2.53 bits per heavy atom. The van der Waals surface area contributed by atoms with E-state index in [0.29, 0.717) is 11.6 Å². The van der Waals surface area contributed by atoms with Crippen LogP contribution in [0.3, 0.4) is 0 Å². The summed E-state index contributed by atoms with van der Waals surface area (Å²) in [5.41, 5.74) is 1.44. The van der Waals surface area contributed by atoms with Crippen molar-refractivity contribution < 1.29 is 15.3 Å². The molecule has 0 heterocycles. The van der Waals surface area contributed by atoms with Crippen LogP contribution in [-0.4, -0.2) is 27.4 Å². The monoisotopic (exact) mass is 263 g/mol. The van der Waals surface area contributed by atoms with E-state index in [0.717, 1.165) is 18.4 Å². The van der Waals surface area contributed by atoms with Crippen LogP contribution in [0.1, 0.15) is 49.3 Å². The maximum Gasteiger partial charge on any atom is 0.122 e. The Morgan fingerprint density at radius 1 is 1.05 bits per heavy atom. The van der Waals surface area contributed by atoms with Crippen molar-refractivity contribution in [2.24, 2.45) is 0 Å². The molecule has 0 bridgehead atoms. The maximum absolute atomic E-state index is 10.4. The highest BCUT2D eigenvalue weighted by Gasteiger charge is 2.32. The fraction of sp³-hybridized carbons (Fsp3) is 0.600. The highest BCUT2D eigenvalue weighted by molar-refractivity contribution is 5.48. The Kier molecular flexibility index (Phi) is 3.37. The Balaban J connectivity index is 1.80. The number of rotatable bonds is 2. The lowest BCUT2D eigenvalue weighted by atomic mass is 9.84. The number of benzene rings is 1. The fourth-order valence-corrected chi connectivity index (χ4v) is 3.44. The first-order chi connectivity index (χ1) is 9.15. The van der Waals surface area contributed by atoms with Gasteiger partial charge in [0.1, 0.15) is 11.5 Å². The largest absolute Gasteiger partial charge is 0.508 e. The normalized spacial score (nSPS) is 27.4. The summed E-state index contributed by atoms with van der Waals surface area (Å²) in [5.74, 6) is 0.102. The van der Waals surface area contributed by atoms with Crippen LogP contribution < -0.4 is 5.32 Å². The molecule has 0 spiro atoms. The van der Waals surface area contributed by atoms with E-state index in [1.807, 2.05) is 0 Å². The molecule has 1 saturated carbocycles. The second-order valence-corrected chi connectivity index (χ2v) is 5.77. The van der Waals surface area contributed by atoms with Gasteiger partial charge in [0, 0.05) is 23.7 Å². The average molecular weight is 263 g/mol. The van der Waals surface area contributed by atoms with Crippen LogP contribution in [0.4, 0.5) is 0 Å². The molecule has 3 rings (SSSR count). The summed E-state index contributed by atoms with van der Waals surface area (Å²) < 4.78 is 0. The summed E-state index contributed by atoms with van der Waals surface area (Å²) in [6.45, 7) is 0. The van der Waals surface area contributed by atoms with E-state index >= 15 is 0 Å². The van der Waals surface area contributed by atoms with E-state index in [1.165, 1.54) is 31.7 Å². The number of phenols is 2. The minimum absolute atomic E-state index is 0.0109. The molecular weight excluding hydrogens is 242 g/mol. The van der Waals surface area contributed by atoms with Crippen molar-refractivity contribution in [3.63, 3.8) is 0 Å². The SMILES string of the molecule is Oc1cc(O)c2c(c1)[C@@H](O)[C@H](NC1CCCC1)CC2. The molecule has 19 heavy (non-hydrogen) atoms. The lowest BCUT2D eigenvalue weighted by Crippen LogP contribution is -2.43. The van der Waals surface area contributed by atoms with Gasteiger partial charge in [-0.3, -0.25) is 0 Å². The number of aliphatic hydroxyl groups is 1. The fourth-order valence-electron chi connectivity index (χ4n) is 3.44. The number of aliphatic hydroxyl groups excluding tert-OH is 1. The minimum Gasteiger partial charge on any atom is -0.508 e. The molecule has 2 aliphatic carbocycles. The van der Waals surface area contributed by atoms with Crippen molar-refractivity contribution in [1.29, 1.82) is 0 Å². The van der Waals surface area contributed by atoms with E-state index in [9.17, 15) is 15.3 Å². The summed E-state index contributed by atoms with van der Waals surface area (Å²) in [5, 5.41) is 33.4. The Morgan fingerprint density at radius 2 is 1.79 bits per heavy atom. The van der Waals surface area contributed by atoms with Crippen LogP contribution in [0, 0.1) is 0 Å². The second kappa shape index (κ2) is 5.02. The molecule has 1 aromatic carbocycles. The van der Waals surface area contributed by atoms with Gasteiger partial charge in [-0.2, -0.15) is 0 Å². The number of nitrogens with one attached hydrogen (secondary N) is 1. The van der Waals surface area contributed by atoms with Gasteiger partial charge in [0.25, 0.3) is 0 Å². The second-order valence-electron chi connectivity index (χ2n) is 5.77. The highest BCUT2D eigenvalue weighted by atomic mass is 16.3. The van der Waals surface area contributed by atoms with Gasteiger partial charge >= 0.3 is 0 Å². The number of hydrogen-bond acceptors (Lipinski definition) is 4. The Bertz CT molecular complexity index is 469. The van der Waals surface area contributed by atoms with Crippen LogP contribution in [0.2, 0.25) is 0 Å². The Hall–Kier alpha value is -1.26. The first kappa shape index (κ1) is 12.8. The molecule has 2 aliphatic rings. The molecule has 4 N–H and O–H groups in total. The van der Waals surface area contributed by atoms with E-state index in [1.54, 1.807) is 6.07 Å². The predicted molar refractivity (Wildman–Crippen MR) is 72.2 cm³/mol. The third-order valence-electron chi connectivity index (χ3n) is 4.46. The summed E-state index contributed by atoms with van der Waals surface area (Å²) in [7, 11) is 0. The van der Waals surface area contributed by atoms with Gasteiger partial charge in [0.15, 0.2) is 0 Å². The molecule has 4 heteroatoms. The highest BCUT2D eigenvalue weighted by Crippen LogP contribution is 2.38. The van der Waals surface area contributed by atoms with Gasteiger partial charge in [-0.1, -0.05) is 12.8 Å². The van der Waals surface area contributed by atoms with Gasteiger partial charge < -0.3 is 20.6 Å². The zero-order valence-corrected chi connectivity index (χ0v) is 11.0. The molecule has 4 nitrogen and oxygen atoms in total. The van der Waals surface area contributed by atoms with Gasteiger partial charge in [-0.05, 0) is 37.3 Å². The molecule has 2 atom stereocenters. The molecule has 0 saturated heterocycles. The van der Waals surface area contributed by atoms with Crippen LogP contribution in [0.5, 0.6) is 11.5 Å². The molecule has 0 amide bonds. The first-order valence-electron chi connectivity index (χ1n) is 7.14. The third kappa shape index (κ3) is 2.42. The minimum atomic E-state index is -0.651. The lowest BCUT2D eigenvalue weighted by Gasteiger charge is -2.33. The van der Waals surface area contributed by atoms with E-state index in [2.05, 4.69) is 5.32 Å². The molecule has 1 fully saturated rings. The first-order valence-corrected chi connectivity index (χ1v) is 7.14. The molecule has 0 radical (unpaired) electrons. The lowest BCUT2D eigenvalue weighted by molar-refractivity contribution is 0.107. The van der Waals surface area contributed by atoms with Crippen LogP contribution >= 0.6 is 0 Å². The summed E-state index contributed by atoms with van der Waals surface area (Å²) in [6.07, 6.45) is 5.80. The van der Waals surface area contributed by atoms with Gasteiger partial charge in [-0.15, -0.1) is 0 Å². The molecule has 0 unspecified atom stereocenters. The predicted octanol–water partition coefficient (Wildman–Crippen LogP) is 1.98. The van der Waals surface area contributed by atoms with Crippen molar-refractivity contribution >= 4 is 0 Å². The molecular formula is C15H21NO3. The maximum atomic E-state index is 10.4. The Labute approximate surface area is 113 Å². The van der Waals surface area contributed by atoms with Gasteiger partial charge in [-0.25, -0.2) is 0 Å². The van der Waals surface area contributed by atoms with Crippen LogP contribution in [-0.2, 0) is 6.42 Å². The number of fused-ring (bicyclic) bond motifs is 1. The van der Waals surface area contributed by atoms with Crippen molar-refractivity contribution in [3.05, 3.63) is 23.3 Å². The van der Waals surface area contributed by atoms with E-state index in [4.69, 9.17) is 0 Å².